The number of hydrogen-bond donors (Lipinski definition) is 1. The third kappa shape index (κ3) is 4.81. The highest BCUT2D eigenvalue weighted by atomic mass is 35.5. The number of carbonyl (C=O) groups is 3. The first-order valence-electron chi connectivity index (χ1n) is 10.7. The van der Waals surface area contributed by atoms with Crippen molar-refractivity contribution in [3.05, 3.63) is 65.2 Å². The van der Waals surface area contributed by atoms with E-state index in [1.807, 2.05) is 6.07 Å². The second kappa shape index (κ2) is 10.1. The van der Waals surface area contributed by atoms with Gasteiger partial charge in [0.2, 0.25) is 0 Å². The van der Waals surface area contributed by atoms with Gasteiger partial charge in [0.15, 0.2) is 0 Å². The lowest BCUT2D eigenvalue weighted by atomic mass is 10.0. The van der Waals surface area contributed by atoms with Gasteiger partial charge in [0.1, 0.15) is 0 Å². The van der Waals surface area contributed by atoms with Gasteiger partial charge in [0.25, 0.3) is 17.7 Å². The number of benzene rings is 2. The van der Waals surface area contributed by atoms with Crippen LogP contribution in [0.1, 0.15) is 63.7 Å². The predicted octanol–water partition coefficient (Wildman–Crippen LogP) is 3.90. The number of piperidine rings is 1. The van der Waals surface area contributed by atoms with Crippen LogP contribution in [0.3, 0.4) is 0 Å². The molecule has 1 saturated heterocycles. The van der Waals surface area contributed by atoms with E-state index in [2.05, 4.69) is 17.1 Å². The normalized spacial score (nSPS) is 18.5. The lowest BCUT2D eigenvalue weighted by Gasteiger charge is -2.33. The minimum atomic E-state index is -0.394. The van der Waals surface area contributed by atoms with Gasteiger partial charge >= 0.3 is 0 Å². The van der Waals surface area contributed by atoms with Crippen LogP contribution in [0.15, 0.2) is 48.5 Å². The number of nitrogens with one attached hydrogen (secondary N) is 1. The Kier molecular flexibility index (Phi) is 7.46. The number of amides is 3. The van der Waals surface area contributed by atoms with Crippen LogP contribution >= 0.6 is 12.4 Å². The van der Waals surface area contributed by atoms with Crippen LogP contribution in [0.4, 0.5) is 5.69 Å². The third-order valence-electron chi connectivity index (χ3n) is 6.01. The summed E-state index contributed by atoms with van der Waals surface area (Å²) in [6.07, 6.45) is 4.68. The second-order valence-electron chi connectivity index (χ2n) is 8.03. The summed E-state index contributed by atoms with van der Waals surface area (Å²) in [5.74, 6) is -0.971. The van der Waals surface area contributed by atoms with E-state index < -0.39 is 5.91 Å². The Morgan fingerprint density at radius 1 is 1.03 bits per heavy atom. The second-order valence-corrected chi connectivity index (χ2v) is 8.03. The topological polar surface area (TPSA) is 69.7 Å². The van der Waals surface area contributed by atoms with Gasteiger partial charge in [-0.15, -0.1) is 12.4 Å². The fourth-order valence-electron chi connectivity index (χ4n) is 4.27. The smallest absolute Gasteiger partial charge is 0.266 e. The average Bonchev–Trinajstić information content (AvgIpc) is 3.02. The summed E-state index contributed by atoms with van der Waals surface area (Å²) in [7, 11) is 0. The Hall–Kier alpha value is -2.70. The maximum atomic E-state index is 12.8. The van der Waals surface area contributed by atoms with Gasteiger partial charge in [-0.05, 0) is 63.1 Å². The van der Waals surface area contributed by atoms with Crippen LogP contribution in [-0.4, -0.2) is 48.3 Å². The molecule has 1 N–H and O–H groups in total. The Morgan fingerprint density at radius 2 is 1.77 bits per heavy atom. The van der Waals surface area contributed by atoms with E-state index in [9.17, 15) is 14.4 Å². The highest BCUT2D eigenvalue weighted by Crippen LogP contribution is 2.28. The van der Waals surface area contributed by atoms with Crippen LogP contribution in [0.5, 0.6) is 0 Å². The van der Waals surface area contributed by atoms with Gasteiger partial charge in [-0.1, -0.05) is 24.6 Å². The molecule has 0 radical (unpaired) electrons. The summed E-state index contributed by atoms with van der Waals surface area (Å²) >= 11 is 0. The fraction of sp³-hybridized carbons (Fsp3) is 0.375. The molecule has 7 heteroatoms. The van der Waals surface area contributed by atoms with Crippen molar-refractivity contribution in [1.29, 1.82) is 0 Å². The summed E-state index contributed by atoms with van der Waals surface area (Å²) in [6.45, 7) is 4.96. The Labute approximate surface area is 189 Å². The fourth-order valence-corrected chi connectivity index (χ4v) is 4.27. The molecule has 0 aliphatic carbocycles. The van der Waals surface area contributed by atoms with E-state index in [4.69, 9.17) is 0 Å². The summed E-state index contributed by atoms with van der Waals surface area (Å²) in [5.41, 5.74) is 1.54. The first kappa shape index (κ1) is 23.0. The van der Waals surface area contributed by atoms with Gasteiger partial charge in [0, 0.05) is 24.7 Å². The molecule has 2 aliphatic heterocycles. The zero-order valence-electron chi connectivity index (χ0n) is 17.7. The Balaban J connectivity index is 0.00000272. The third-order valence-corrected chi connectivity index (χ3v) is 6.01. The molecule has 1 atom stereocenters. The number of nitrogens with zero attached hydrogens (tertiary/aromatic N) is 2. The Bertz CT molecular complexity index is 964. The van der Waals surface area contributed by atoms with Crippen LogP contribution in [0.2, 0.25) is 0 Å². The lowest BCUT2D eigenvalue weighted by Crippen LogP contribution is -2.39. The molecule has 0 spiro atoms. The highest BCUT2D eigenvalue weighted by molar-refractivity contribution is 6.34. The molecule has 2 aromatic carbocycles. The molecular weight excluding hydrogens is 414 g/mol. The lowest BCUT2D eigenvalue weighted by molar-refractivity contribution is 0.0923. The van der Waals surface area contributed by atoms with Crippen molar-refractivity contribution in [2.45, 2.75) is 38.6 Å². The van der Waals surface area contributed by atoms with E-state index in [-0.39, 0.29) is 29.8 Å². The van der Waals surface area contributed by atoms with Crippen LogP contribution < -0.4 is 10.2 Å². The first-order chi connectivity index (χ1) is 14.6. The highest BCUT2D eigenvalue weighted by Gasteiger charge is 2.37. The zero-order valence-corrected chi connectivity index (χ0v) is 18.5. The number of likely N-dealkylation sites (tertiary alicyclic amines) is 1. The minimum absolute atomic E-state index is 0. The van der Waals surface area contributed by atoms with Gasteiger partial charge < -0.3 is 10.2 Å². The maximum absolute atomic E-state index is 12.8. The summed E-state index contributed by atoms with van der Waals surface area (Å²) in [5, 5.41) is 2.94. The molecule has 1 fully saturated rings. The molecule has 164 valence electrons. The van der Waals surface area contributed by atoms with Crippen molar-refractivity contribution < 1.29 is 14.4 Å². The van der Waals surface area contributed by atoms with E-state index in [1.165, 1.54) is 25.3 Å². The zero-order chi connectivity index (χ0) is 21.1. The van der Waals surface area contributed by atoms with Gasteiger partial charge in [-0.25, -0.2) is 4.90 Å². The maximum Gasteiger partial charge on any atom is 0.266 e. The number of para-hydroxylation sites is 1. The standard InChI is InChI=1S/C24H27N3O3.ClH/c1-17-8-5-6-14-26(17)15-7-13-25-22(28)18-11-12-20-21(16-18)24(30)27(23(20)29)19-9-3-2-4-10-19;/h2-4,9-12,16-17H,5-8,13-15H2,1H3,(H,25,28);1H. The van der Waals surface area contributed by atoms with E-state index >= 15 is 0 Å². The molecule has 2 aromatic rings. The number of rotatable bonds is 6. The number of carbonyl (C=O) groups excluding carboxylic acids is 3. The van der Waals surface area contributed by atoms with E-state index in [1.54, 1.807) is 36.4 Å². The molecule has 3 amide bonds. The van der Waals surface area contributed by atoms with Crippen molar-refractivity contribution >= 4 is 35.8 Å². The Morgan fingerprint density at radius 3 is 2.52 bits per heavy atom. The number of halogens is 1. The summed E-state index contributed by atoms with van der Waals surface area (Å²) in [4.78, 5) is 41.7. The monoisotopic (exact) mass is 441 g/mol. The van der Waals surface area contributed by atoms with Crippen molar-refractivity contribution in [1.82, 2.24) is 10.2 Å². The number of anilines is 1. The molecule has 0 aromatic heterocycles. The van der Waals surface area contributed by atoms with E-state index in [0.717, 1.165) is 24.4 Å². The average molecular weight is 442 g/mol. The molecule has 0 saturated carbocycles. The molecule has 0 bridgehead atoms. The van der Waals surface area contributed by atoms with Gasteiger partial charge in [0.05, 0.1) is 16.8 Å². The molecule has 4 rings (SSSR count). The molecule has 31 heavy (non-hydrogen) atoms. The largest absolute Gasteiger partial charge is 0.352 e. The van der Waals surface area contributed by atoms with Crippen LogP contribution in [0.25, 0.3) is 0 Å². The summed E-state index contributed by atoms with van der Waals surface area (Å²) in [6, 6.07) is 14.2. The van der Waals surface area contributed by atoms with Crippen molar-refractivity contribution in [3.63, 3.8) is 0 Å². The molecule has 2 aliphatic rings. The van der Waals surface area contributed by atoms with Crippen molar-refractivity contribution in [2.75, 3.05) is 24.5 Å². The van der Waals surface area contributed by atoms with Crippen molar-refractivity contribution in [3.8, 4) is 0 Å². The quantitative estimate of drug-likeness (QED) is 0.545. The predicted molar refractivity (Wildman–Crippen MR) is 123 cm³/mol. The first-order valence-corrected chi connectivity index (χ1v) is 10.7. The number of imide groups is 1. The molecule has 2 heterocycles. The van der Waals surface area contributed by atoms with Crippen LogP contribution in [-0.2, 0) is 0 Å². The van der Waals surface area contributed by atoms with Gasteiger partial charge in [-0.3, -0.25) is 14.4 Å². The summed E-state index contributed by atoms with van der Waals surface area (Å²) < 4.78 is 0. The number of fused-ring (bicyclic) bond motifs is 1. The van der Waals surface area contributed by atoms with Gasteiger partial charge in [-0.2, -0.15) is 0 Å². The molecule has 1 unspecified atom stereocenters. The minimum Gasteiger partial charge on any atom is -0.352 e. The van der Waals surface area contributed by atoms with Crippen molar-refractivity contribution in [2.24, 2.45) is 0 Å². The number of hydrogen-bond acceptors (Lipinski definition) is 4. The SMILES string of the molecule is CC1CCCCN1CCCNC(=O)c1ccc2c(c1)C(=O)N(c1ccccc1)C2=O.Cl. The van der Waals surface area contributed by atoms with Crippen LogP contribution in [0, 0.1) is 0 Å². The van der Waals surface area contributed by atoms with E-state index in [0.29, 0.717) is 29.4 Å². The molecule has 6 nitrogen and oxygen atoms in total. The molecular formula is C24H28ClN3O3.